The molecule has 0 saturated carbocycles. The van der Waals surface area contributed by atoms with Crippen LogP contribution in [0.1, 0.15) is 61.8 Å². The average molecular weight is 709 g/mol. The van der Waals surface area contributed by atoms with Crippen molar-refractivity contribution >= 4 is 35.0 Å². The predicted octanol–water partition coefficient (Wildman–Crippen LogP) is 4.65. The summed E-state index contributed by atoms with van der Waals surface area (Å²) in [4.78, 5) is 44.1. The molecule has 1 aliphatic carbocycles. The number of nitrogens with two attached hydrogens (primary N) is 3. The van der Waals surface area contributed by atoms with Crippen LogP contribution in [-0.2, 0) is 19.9 Å². The number of thioether (sulfide) groups is 1. The molecule has 0 spiro atoms. The van der Waals surface area contributed by atoms with Crippen molar-refractivity contribution in [2.45, 2.75) is 74.2 Å². The molecule has 0 radical (unpaired) electrons. The van der Waals surface area contributed by atoms with E-state index in [1.807, 2.05) is 52.0 Å². The first-order valence-corrected chi connectivity index (χ1v) is 17.9. The maximum absolute atomic E-state index is 14.4. The predicted molar refractivity (Wildman–Crippen MR) is 196 cm³/mol. The summed E-state index contributed by atoms with van der Waals surface area (Å²) in [5.41, 5.74) is 21.7. The van der Waals surface area contributed by atoms with Crippen molar-refractivity contribution in [3.8, 4) is 23.3 Å². The van der Waals surface area contributed by atoms with Crippen LogP contribution in [0.3, 0.4) is 0 Å². The Balaban J connectivity index is 1.26. The minimum atomic E-state index is -1.60. The summed E-state index contributed by atoms with van der Waals surface area (Å²) in [5, 5.41) is 12.1. The zero-order valence-corrected chi connectivity index (χ0v) is 30.3. The Morgan fingerprint density at radius 1 is 1.12 bits per heavy atom. The summed E-state index contributed by atoms with van der Waals surface area (Å²) in [6, 6.07) is 16.8. The van der Waals surface area contributed by atoms with Crippen molar-refractivity contribution < 1.29 is 23.9 Å². The number of allylic oxidation sites excluding steroid dienone is 1. The number of aryl methyl sites for hydroxylation is 1. The number of likely N-dealkylation sites (tertiary alicyclic amines) is 1. The second-order valence-electron chi connectivity index (χ2n) is 14.6. The van der Waals surface area contributed by atoms with Crippen LogP contribution >= 0.6 is 11.8 Å². The van der Waals surface area contributed by atoms with Crippen molar-refractivity contribution in [3.05, 3.63) is 88.5 Å². The molecule has 2 heterocycles. The standard InChI is InChI=1S/C39H44N6O5S/c1-21-17-24(50-29-11-7-6-10-28(29)49-5)12-13-25(21)39(43)26-14-15-27(41)33-30(26)31(32(42)35(39)46)34(51-33)36(47)44-23-9-8-16-45(20-23)37(48)22(19-40)18-38(2,3)4/h6-7,10-15,17-18,23,31-32,34H,8-9,16,20,41-43H2,1-5H3,(H,44,47)/b22-18+. The van der Waals surface area contributed by atoms with Crippen molar-refractivity contribution in [3.63, 3.8) is 0 Å². The number of Topliss-reactive ketones (excluding diaryl/α,β-unsaturated/α-hetero) is 1. The molecular weight excluding hydrogens is 665 g/mol. The van der Waals surface area contributed by atoms with Gasteiger partial charge >= 0.3 is 0 Å². The van der Waals surface area contributed by atoms with E-state index in [-0.39, 0.29) is 35.4 Å². The number of benzene rings is 3. The molecule has 6 rings (SSSR count). The lowest BCUT2D eigenvalue weighted by Gasteiger charge is -2.42. The third kappa shape index (κ3) is 6.57. The maximum Gasteiger partial charge on any atom is 0.264 e. The normalized spacial score (nSPS) is 24.4. The molecule has 1 saturated heterocycles. The van der Waals surface area contributed by atoms with Crippen molar-refractivity contribution in [1.82, 2.24) is 10.2 Å². The number of carbonyl (C=O) groups excluding carboxylic acids is 3. The van der Waals surface area contributed by atoms with Crippen molar-refractivity contribution in [1.29, 1.82) is 5.26 Å². The van der Waals surface area contributed by atoms with E-state index in [1.165, 1.54) is 11.8 Å². The average Bonchev–Trinajstić information content (AvgIpc) is 3.51. The number of nitriles is 1. The monoisotopic (exact) mass is 708 g/mol. The van der Waals surface area contributed by atoms with Gasteiger partial charge in [0, 0.05) is 35.6 Å². The second-order valence-corrected chi connectivity index (χ2v) is 15.7. The Bertz CT molecular complexity index is 1980. The van der Waals surface area contributed by atoms with Crippen LogP contribution in [0, 0.1) is 23.7 Å². The van der Waals surface area contributed by atoms with Crippen molar-refractivity contribution in [2.24, 2.45) is 16.9 Å². The van der Waals surface area contributed by atoms with Gasteiger partial charge in [0.15, 0.2) is 17.3 Å². The molecule has 5 atom stereocenters. The summed E-state index contributed by atoms with van der Waals surface area (Å²) in [5.74, 6) is -0.0368. The molecule has 2 aliphatic heterocycles. The largest absolute Gasteiger partial charge is 0.493 e. The summed E-state index contributed by atoms with van der Waals surface area (Å²) in [6.07, 6.45) is 3.01. The molecule has 3 aromatic rings. The number of hydrogen-bond acceptors (Lipinski definition) is 10. The lowest BCUT2D eigenvalue weighted by molar-refractivity contribution is -0.130. The highest BCUT2D eigenvalue weighted by molar-refractivity contribution is 8.01. The van der Waals surface area contributed by atoms with Crippen LogP contribution in [0.15, 0.2) is 71.1 Å². The minimum absolute atomic E-state index is 0.0880. The van der Waals surface area contributed by atoms with Gasteiger partial charge in [-0.25, -0.2) is 0 Å². The first kappa shape index (κ1) is 36.0. The topological polar surface area (TPSA) is 187 Å². The van der Waals surface area contributed by atoms with Gasteiger partial charge in [0.05, 0.1) is 18.4 Å². The molecule has 3 aromatic carbocycles. The van der Waals surface area contributed by atoms with Crippen LogP contribution < -0.4 is 32.0 Å². The third-order valence-corrected chi connectivity index (χ3v) is 11.2. The molecule has 7 N–H and O–H groups in total. The van der Waals surface area contributed by atoms with Gasteiger partial charge in [0.2, 0.25) is 5.91 Å². The zero-order valence-electron chi connectivity index (χ0n) is 29.5. The molecule has 0 aromatic heterocycles. The van der Waals surface area contributed by atoms with Crippen LogP contribution in [0.5, 0.6) is 17.2 Å². The first-order chi connectivity index (χ1) is 24.2. The van der Waals surface area contributed by atoms with E-state index in [2.05, 4.69) is 5.32 Å². The Morgan fingerprint density at radius 2 is 1.82 bits per heavy atom. The van der Waals surface area contributed by atoms with Gasteiger partial charge in [0.25, 0.3) is 5.91 Å². The van der Waals surface area contributed by atoms with E-state index in [9.17, 15) is 19.6 Å². The number of anilines is 1. The molecule has 1 fully saturated rings. The molecule has 2 amide bonds. The number of amides is 2. The first-order valence-electron chi connectivity index (χ1n) is 17.0. The van der Waals surface area contributed by atoms with E-state index >= 15 is 0 Å². The fourth-order valence-electron chi connectivity index (χ4n) is 7.48. The maximum atomic E-state index is 14.4. The smallest absolute Gasteiger partial charge is 0.264 e. The number of para-hydroxylation sites is 2. The van der Waals surface area contributed by atoms with Gasteiger partial charge in [-0.15, -0.1) is 11.8 Å². The van der Waals surface area contributed by atoms with E-state index in [4.69, 9.17) is 26.7 Å². The van der Waals surface area contributed by atoms with E-state index in [1.54, 1.807) is 54.5 Å². The number of rotatable bonds is 7. The minimum Gasteiger partial charge on any atom is -0.493 e. The number of ether oxygens (including phenoxy) is 2. The molecule has 5 unspecified atom stereocenters. The van der Waals surface area contributed by atoms with E-state index < -0.39 is 28.5 Å². The molecular formula is C39H44N6O5S. The Labute approximate surface area is 302 Å². The third-order valence-electron chi connectivity index (χ3n) is 9.80. The number of piperidine rings is 1. The summed E-state index contributed by atoms with van der Waals surface area (Å²) >= 11 is 1.29. The lowest BCUT2D eigenvalue weighted by Crippen LogP contribution is -2.61. The number of methoxy groups -OCH3 is 1. The zero-order chi connectivity index (χ0) is 36.8. The van der Waals surface area contributed by atoms with E-state index in [0.29, 0.717) is 58.3 Å². The van der Waals surface area contributed by atoms with Crippen LogP contribution in [-0.4, -0.2) is 60.0 Å². The van der Waals surface area contributed by atoms with Crippen molar-refractivity contribution in [2.75, 3.05) is 25.9 Å². The highest BCUT2D eigenvalue weighted by atomic mass is 32.2. The number of nitrogens with zero attached hydrogens (tertiary/aromatic N) is 2. The SMILES string of the molecule is COc1ccccc1Oc1ccc(C2(N)C(=O)C(N)C3c4c2ccc(N)c4SC3C(=O)NC2CCCN(C(=O)/C(C#N)=C/C(C)(C)C)C2)c(C)c1. The van der Waals surface area contributed by atoms with Crippen LogP contribution in [0.4, 0.5) is 5.69 Å². The van der Waals surface area contributed by atoms with Crippen LogP contribution in [0.2, 0.25) is 0 Å². The molecule has 266 valence electrons. The molecule has 3 aliphatic rings. The Kier molecular flexibility index (Phi) is 9.67. The number of ketones is 1. The van der Waals surface area contributed by atoms with Gasteiger partial charge in [-0.1, -0.05) is 51.1 Å². The van der Waals surface area contributed by atoms with Gasteiger partial charge in [-0.2, -0.15) is 5.26 Å². The van der Waals surface area contributed by atoms with E-state index in [0.717, 1.165) is 11.1 Å². The second kappa shape index (κ2) is 13.7. The van der Waals surface area contributed by atoms with Gasteiger partial charge in [-0.3, -0.25) is 14.4 Å². The molecule has 0 bridgehead atoms. The molecule has 11 nitrogen and oxygen atoms in total. The number of carbonyl (C=O) groups is 3. The molecule has 12 heteroatoms. The Hall–Kier alpha value is -4.83. The summed E-state index contributed by atoms with van der Waals surface area (Å²) < 4.78 is 11.5. The van der Waals surface area contributed by atoms with Gasteiger partial charge in [-0.05, 0) is 77.8 Å². The summed E-state index contributed by atoms with van der Waals surface area (Å²) in [7, 11) is 1.57. The fraction of sp³-hybridized carbons (Fsp3) is 0.385. The fourth-order valence-corrected chi connectivity index (χ4v) is 8.93. The quantitative estimate of drug-likeness (QED) is 0.153. The van der Waals surface area contributed by atoms with Gasteiger partial charge in [0.1, 0.15) is 22.9 Å². The highest BCUT2D eigenvalue weighted by Crippen LogP contribution is 2.56. The lowest BCUT2D eigenvalue weighted by atomic mass is 9.64. The number of hydrogen-bond donors (Lipinski definition) is 4. The number of nitrogen functional groups attached to an aromatic ring is 1. The Morgan fingerprint density at radius 3 is 2.49 bits per heavy atom. The van der Waals surface area contributed by atoms with Gasteiger partial charge < -0.3 is 36.9 Å². The number of nitrogens with one attached hydrogen (secondary N) is 1. The highest BCUT2D eigenvalue weighted by Gasteiger charge is 2.57. The molecule has 51 heavy (non-hydrogen) atoms. The summed E-state index contributed by atoms with van der Waals surface area (Å²) in [6.45, 7) is 8.41. The van der Waals surface area contributed by atoms with Crippen LogP contribution in [0.25, 0.3) is 0 Å².